The number of hydrogen-bond acceptors (Lipinski definition) is 3. The molecule has 4 heteroatoms. The van der Waals surface area contributed by atoms with E-state index in [2.05, 4.69) is 0 Å². The summed E-state index contributed by atoms with van der Waals surface area (Å²) in [5.41, 5.74) is 0. The van der Waals surface area contributed by atoms with E-state index in [1.165, 1.54) is 0 Å². The minimum Gasteiger partial charge on any atom is -0.335 e. The summed E-state index contributed by atoms with van der Waals surface area (Å²) in [6, 6.07) is 0. The van der Waals surface area contributed by atoms with Crippen LogP contribution in [0, 0.1) is 0 Å². The van der Waals surface area contributed by atoms with Gasteiger partial charge in [-0.2, -0.15) is 0 Å². The Morgan fingerprint density at radius 2 is 2.00 bits per heavy atom. The molecule has 0 amide bonds. The third kappa shape index (κ3) is 5.90. The van der Waals surface area contributed by atoms with Gasteiger partial charge < -0.3 is 4.74 Å². The van der Waals surface area contributed by atoms with Crippen molar-refractivity contribution in [3.63, 3.8) is 0 Å². The first-order chi connectivity index (χ1) is 4.31. The summed E-state index contributed by atoms with van der Waals surface area (Å²) in [6.45, 7) is 4.74. The highest BCUT2D eigenvalue weighted by Crippen LogP contribution is 2.20. The molecule has 0 spiro atoms. The molecule has 0 aliphatic carbocycles. The van der Waals surface area contributed by atoms with Gasteiger partial charge in [-0.25, -0.2) is 0 Å². The molecule has 0 saturated carbocycles. The third-order valence-corrected chi connectivity index (χ3v) is 1.61. The van der Waals surface area contributed by atoms with Gasteiger partial charge in [-0.1, -0.05) is 0 Å². The van der Waals surface area contributed by atoms with E-state index in [1.807, 2.05) is 6.92 Å². The second kappa shape index (κ2) is 6.14. The lowest BCUT2D eigenvalue weighted by Crippen LogP contribution is -1.89. The normalized spacial score (nSPS) is 11.6. The Bertz CT molecular complexity index is 84.3. The van der Waals surface area contributed by atoms with Crippen LogP contribution in [-0.2, 0) is 13.8 Å². The summed E-state index contributed by atoms with van der Waals surface area (Å²) < 4.78 is 20.2. The Morgan fingerprint density at radius 3 is 2.44 bits per heavy atom. The molecule has 9 heavy (non-hydrogen) atoms. The van der Waals surface area contributed by atoms with Crippen molar-refractivity contribution in [2.24, 2.45) is 0 Å². The van der Waals surface area contributed by atoms with Crippen LogP contribution in [0.4, 0.5) is 0 Å². The molecule has 0 heterocycles. The average molecular weight is 151 g/mol. The standard InChI is InChI=1S/C5H12O3P/c1-3-7-5-9(6)8-4-2/h3-5H2,1-2H3/q+1. The fourth-order valence-electron chi connectivity index (χ4n) is 0.347. The molecule has 0 radical (unpaired) electrons. The van der Waals surface area contributed by atoms with Crippen molar-refractivity contribution in [3.8, 4) is 0 Å². The van der Waals surface area contributed by atoms with E-state index in [9.17, 15) is 4.57 Å². The lowest BCUT2D eigenvalue weighted by atomic mass is 10.9. The maximum absolute atomic E-state index is 10.6. The van der Waals surface area contributed by atoms with Gasteiger partial charge in [0.05, 0.1) is 6.61 Å². The molecule has 0 bridgehead atoms. The van der Waals surface area contributed by atoms with Gasteiger partial charge in [0, 0.05) is 6.61 Å². The van der Waals surface area contributed by atoms with E-state index in [0.29, 0.717) is 13.2 Å². The van der Waals surface area contributed by atoms with Gasteiger partial charge in [0.15, 0.2) is 0 Å². The molecule has 0 N–H and O–H groups in total. The highest BCUT2D eigenvalue weighted by molar-refractivity contribution is 7.38. The van der Waals surface area contributed by atoms with E-state index in [-0.39, 0.29) is 6.35 Å². The summed E-state index contributed by atoms with van der Waals surface area (Å²) in [6.07, 6.45) is 0.222. The quantitative estimate of drug-likeness (QED) is 0.561. The Balaban J connectivity index is 3.06. The smallest absolute Gasteiger partial charge is 0.335 e. The topological polar surface area (TPSA) is 35.5 Å². The van der Waals surface area contributed by atoms with E-state index in [4.69, 9.17) is 9.26 Å². The van der Waals surface area contributed by atoms with Gasteiger partial charge in [0.25, 0.3) is 6.35 Å². The number of hydrogen-bond donors (Lipinski definition) is 0. The maximum Gasteiger partial charge on any atom is 0.537 e. The first-order valence-corrected chi connectivity index (χ1v) is 4.32. The van der Waals surface area contributed by atoms with Crippen LogP contribution in [0.5, 0.6) is 0 Å². The van der Waals surface area contributed by atoms with Crippen molar-refractivity contribution in [3.05, 3.63) is 0 Å². The van der Waals surface area contributed by atoms with Crippen molar-refractivity contribution >= 4 is 8.03 Å². The molecule has 0 fully saturated rings. The first-order valence-electron chi connectivity index (χ1n) is 2.96. The second-order valence-electron chi connectivity index (χ2n) is 1.37. The molecular weight excluding hydrogens is 139 g/mol. The molecule has 0 saturated heterocycles. The Kier molecular flexibility index (Phi) is 6.16. The van der Waals surface area contributed by atoms with Crippen molar-refractivity contribution < 1.29 is 13.8 Å². The van der Waals surface area contributed by atoms with Crippen molar-refractivity contribution in [1.82, 2.24) is 0 Å². The van der Waals surface area contributed by atoms with Crippen molar-refractivity contribution in [1.29, 1.82) is 0 Å². The van der Waals surface area contributed by atoms with Gasteiger partial charge in [-0.15, -0.1) is 4.52 Å². The lowest BCUT2D eigenvalue weighted by molar-refractivity contribution is 0.181. The van der Waals surface area contributed by atoms with Crippen LogP contribution >= 0.6 is 8.03 Å². The van der Waals surface area contributed by atoms with Crippen molar-refractivity contribution in [2.75, 3.05) is 19.6 Å². The van der Waals surface area contributed by atoms with Gasteiger partial charge in [-0.3, -0.25) is 0 Å². The van der Waals surface area contributed by atoms with Crippen LogP contribution in [0.25, 0.3) is 0 Å². The first kappa shape index (κ1) is 9.02. The third-order valence-electron chi connectivity index (χ3n) is 0.674. The van der Waals surface area contributed by atoms with Gasteiger partial charge in [0.1, 0.15) is 0 Å². The fourth-order valence-corrected chi connectivity index (χ4v) is 1.04. The molecule has 1 unspecified atom stereocenters. The summed E-state index contributed by atoms with van der Waals surface area (Å²) in [4.78, 5) is 0. The van der Waals surface area contributed by atoms with Crippen LogP contribution in [0.15, 0.2) is 0 Å². The molecule has 0 aliphatic rings. The molecule has 0 aromatic rings. The fraction of sp³-hybridized carbons (Fsp3) is 1.00. The molecule has 0 rings (SSSR count). The minimum absolute atomic E-state index is 0.222. The Hall–Kier alpha value is 0.0200. The SMILES string of the molecule is CCOC[P+](=O)OCC. The molecule has 0 aromatic carbocycles. The van der Waals surface area contributed by atoms with Gasteiger partial charge in [-0.05, 0) is 18.4 Å². The van der Waals surface area contributed by atoms with E-state index < -0.39 is 8.03 Å². The Morgan fingerprint density at radius 1 is 1.33 bits per heavy atom. The molecular formula is C5H12O3P+. The highest BCUT2D eigenvalue weighted by atomic mass is 31.1. The van der Waals surface area contributed by atoms with Crippen LogP contribution in [0.2, 0.25) is 0 Å². The predicted molar refractivity (Wildman–Crippen MR) is 35.7 cm³/mol. The zero-order valence-electron chi connectivity index (χ0n) is 5.79. The summed E-state index contributed by atoms with van der Waals surface area (Å²) in [5, 5.41) is 0. The summed E-state index contributed by atoms with van der Waals surface area (Å²) >= 11 is 0. The zero-order valence-corrected chi connectivity index (χ0v) is 6.69. The van der Waals surface area contributed by atoms with Gasteiger partial charge in [0.2, 0.25) is 0 Å². The van der Waals surface area contributed by atoms with E-state index in [0.717, 1.165) is 0 Å². The average Bonchev–Trinajstić information content (AvgIpc) is 1.85. The number of ether oxygens (including phenoxy) is 1. The molecule has 3 nitrogen and oxygen atoms in total. The van der Waals surface area contributed by atoms with Crippen LogP contribution in [0.1, 0.15) is 13.8 Å². The van der Waals surface area contributed by atoms with Crippen molar-refractivity contribution in [2.45, 2.75) is 13.8 Å². The molecule has 0 aliphatic heterocycles. The second-order valence-corrected chi connectivity index (χ2v) is 2.55. The largest absolute Gasteiger partial charge is 0.537 e. The zero-order chi connectivity index (χ0) is 7.11. The predicted octanol–water partition coefficient (Wildman–Crippen LogP) is 1.76. The Labute approximate surface area is 56.2 Å². The van der Waals surface area contributed by atoms with Gasteiger partial charge >= 0.3 is 8.03 Å². The number of rotatable bonds is 5. The highest BCUT2D eigenvalue weighted by Gasteiger charge is 2.14. The van der Waals surface area contributed by atoms with E-state index in [1.54, 1.807) is 6.92 Å². The van der Waals surface area contributed by atoms with Crippen LogP contribution < -0.4 is 0 Å². The van der Waals surface area contributed by atoms with Crippen LogP contribution in [0.3, 0.4) is 0 Å². The lowest BCUT2D eigenvalue weighted by Gasteiger charge is -1.86. The molecule has 1 atom stereocenters. The summed E-state index contributed by atoms with van der Waals surface area (Å²) in [7, 11) is -1.56. The molecule has 0 aromatic heterocycles. The molecule has 54 valence electrons. The minimum atomic E-state index is -1.56. The maximum atomic E-state index is 10.6. The van der Waals surface area contributed by atoms with E-state index >= 15 is 0 Å². The monoisotopic (exact) mass is 151 g/mol. The summed E-state index contributed by atoms with van der Waals surface area (Å²) in [5.74, 6) is 0. The van der Waals surface area contributed by atoms with Crippen LogP contribution in [-0.4, -0.2) is 19.6 Å².